The van der Waals surface area contributed by atoms with Crippen LogP contribution in [-0.4, -0.2) is 48.4 Å². The number of carbonyl (C=O) groups excluding carboxylic acids is 2. The molecule has 2 aliphatic rings. The molecule has 1 aliphatic heterocycles. The summed E-state index contributed by atoms with van der Waals surface area (Å²) < 4.78 is 0. The molecule has 1 saturated carbocycles. The van der Waals surface area contributed by atoms with Gasteiger partial charge < -0.3 is 15.5 Å². The van der Waals surface area contributed by atoms with Crippen LogP contribution in [0.1, 0.15) is 52.4 Å². The Morgan fingerprint density at radius 2 is 1.81 bits per heavy atom. The van der Waals surface area contributed by atoms with Crippen molar-refractivity contribution in [2.75, 3.05) is 19.6 Å². The molecule has 0 unspecified atom stereocenters. The smallest absolute Gasteiger partial charge is 0.223 e. The Hall–Kier alpha value is -1.10. The van der Waals surface area contributed by atoms with Crippen LogP contribution in [0.15, 0.2) is 0 Å². The van der Waals surface area contributed by atoms with Crippen molar-refractivity contribution < 1.29 is 9.59 Å². The number of nitrogens with one attached hydrogen (secondary N) is 2. The zero-order valence-corrected chi connectivity index (χ0v) is 13.4. The maximum atomic E-state index is 12.1. The molecular formula is C16H29N3O2. The van der Waals surface area contributed by atoms with E-state index in [2.05, 4.69) is 24.5 Å². The van der Waals surface area contributed by atoms with Gasteiger partial charge in [0.15, 0.2) is 0 Å². The second-order valence-corrected chi connectivity index (χ2v) is 6.65. The minimum absolute atomic E-state index is 0.222. The van der Waals surface area contributed by atoms with Crippen LogP contribution in [0.3, 0.4) is 0 Å². The summed E-state index contributed by atoms with van der Waals surface area (Å²) in [5, 5.41) is 6.45. The Kier molecular flexibility index (Phi) is 6.03. The van der Waals surface area contributed by atoms with Crippen LogP contribution in [0.5, 0.6) is 0 Å². The highest BCUT2D eigenvalue weighted by Gasteiger charge is 2.32. The summed E-state index contributed by atoms with van der Waals surface area (Å²) in [7, 11) is 0. The standard InChI is InChI=1S/C16H29N3O2/c1-12(2)17-9-3-4-15(20)19-10-7-14(8-11-19)18-16(21)13-5-6-13/h12-14,17H,3-11H2,1-2H3,(H,18,21). The Bertz CT molecular complexity index is 359. The molecule has 21 heavy (non-hydrogen) atoms. The Morgan fingerprint density at radius 1 is 1.14 bits per heavy atom. The van der Waals surface area contributed by atoms with Crippen molar-refractivity contribution in [3.05, 3.63) is 0 Å². The lowest BCUT2D eigenvalue weighted by molar-refractivity contribution is -0.132. The van der Waals surface area contributed by atoms with Gasteiger partial charge in [-0.2, -0.15) is 0 Å². The molecule has 2 rings (SSSR count). The van der Waals surface area contributed by atoms with Crippen LogP contribution in [0.25, 0.3) is 0 Å². The number of hydrogen-bond donors (Lipinski definition) is 2. The van der Waals surface area contributed by atoms with Crippen molar-refractivity contribution >= 4 is 11.8 Å². The molecule has 1 aliphatic carbocycles. The van der Waals surface area contributed by atoms with Crippen molar-refractivity contribution in [2.45, 2.75) is 64.5 Å². The van der Waals surface area contributed by atoms with Gasteiger partial charge in [-0.3, -0.25) is 9.59 Å². The summed E-state index contributed by atoms with van der Waals surface area (Å²) in [5.74, 6) is 0.755. The van der Waals surface area contributed by atoms with Gasteiger partial charge in [-0.15, -0.1) is 0 Å². The van der Waals surface area contributed by atoms with Gasteiger partial charge in [-0.05, 0) is 38.6 Å². The highest BCUT2D eigenvalue weighted by Crippen LogP contribution is 2.29. The van der Waals surface area contributed by atoms with E-state index in [1.54, 1.807) is 0 Å². The third kappa shape index (κ3) is 5.65. The largest absolute Gasteiger partial charge is 0.353 e. The lowest BCUT2D eigenvalue weighted by Crippen LogP contribution is -2.47. The van der Waals surface area contributed by atoms with Crippen molar-refractivity contribution in [2.24, 2.45) is 5.92 Å². The van der Waals surface area contributed by atoms with Crippen LogP contribution in [-0.2, 0) is 9.59 Å². The molecule has 0 aromatic carbocycles. The number of carbonyl (C=O) groups is 2. The highest BCUT2D eigenvalue weighted by molar-refractivity contribution is 5.81. The van der Waals surface area contributed by atoms with Crippen molar-refractivity contribution in [1.82, 2.24) is 15.5 Å². The monoisotopic (exact) mass is 295 g/mol. The Balaban J connectivity index is 1.59. The normalized spacial score (nSPS) is 19.9. The number of amides is 2. The maximum absolute atomic E-state index is 12.1. The van der Waals surface area contributed by atoms with E-state index < -0.39 is 0 Å². The first-order valence-corrected chi connectivity index (χ1v) is 8.38. The van der Waals surface area contributed by atoms with Crippen molar-refractivity contribution in [3.63, 3.8) is 0 Å². The van der Waals surface area contributed by atoms with Gasteiger partial charge in [0.1, 0.15) is 0 Å². The molecule has 0 aromatic heterocycles. The van der Waals surface area contributed by atoms with Gasteiger partial charge in [0.2, 0.25) is 11.8 Å². The summed E-state index contributed by atoms with van der Waals surface area (Å²) in [6.07, 6.45) is 5.41. The van der Waals surface area contributed by atoms with Crippen molar-refractivity contribution in [3.8, 4) is 0 Å². The molecule has 120 valence electrons. The number of likely N-dealkylation sites (tertiary alicyclic amines) is 1. The molecule has 0 radical (unpaired) electrons. The Labute approximate surface area is 127 Å². The van der Waals surface area contributed by atoms with E-state index in [1.165, 1.54) is 0 Å². The van der Waals surface area contributed by atoms with E-state index in [-0.39, 0.29) is 23.8 Å². The first-order chi connectivity index (χ1) is 10.1. The van der Waals surface area contributed by atoms with Gasteiger partial charge in [-0.1, -0.05) is 13.8 Å². The van der Waals surface area contributed by atoms with Gasteiger partial charge >= 0.3 is 0 Å². The van der Waals surface area contributed by atoms with Crippen LogP contribution >= 0.6 is 0 Å². The molecule has 0 bridgehead atoms. The first kappa shape index (κ1) is 16.3. The molecule has 1 heterocycles. The summed E-state index contributed by atoms with van der Waals surface area (Å²) in [6.45, 7) is 6.69. The van der Waals surface area contributed by atoms with Crippen LogP contribution in [0.4, 0.5) is 0 Å². The SMILES string of the molecule is CC(C)NCCCC(=O)N1CCC(NC(=O)C2CC2)CC1. The van der Waals surface area contributed by atoms with E-state index in [0.717, 1.165) is 51.7 Å². The molecular weight excluding hydrogens is 266 g/mol. The van der Waals surface area contributed by atoms with Gasteiger partial charge in [0, 0.05) is 37.5 Å². The van der Waals surface area contributed by atoms with E-state index >= 15 is 0 Å². The number of piperidine rings is 1. The van der Waals surface area contributed by atoms with Gasteiger partial charge in [-0.25, -0.2) is 0 Å². The molecule has 1 saturated heterocycles. The predicted molar refractivity (Wildman–Crippen MR) is 82.8 cm³/mol. The predicted octanol–water partition coefficient (Wildman–Crippen LogP) is 1.28. The van der Waals surface area contributed by atoms with Gasteiger partial charge in [0.05, 0.1) is 0 Å². The summed E-state index contributed by atoms with van der Waals surface area (Å²) in [6, 6.07) is 0.746. The molecule has 0 spiro atoms. The fourth-order valence-electron chi connectivity index (χ4n) is 2.73. The lowest BCUT2D eigenvalue weighted by Gasteiger charge is -2.32. The first-order valence-electron chi connectivity index (χ1n) is 8.38. The lowest BCUT2D eigenvalue weighted by atomic mass is 10.0. The zero-order valence-electron chi connectivity index (χ0n) is 13.4. The molecule has 2 fully saturated rings. The summed E-state index contributed by atoms with van der Waals surface area (Å²) >= 11 is 0. The second kappa shape index (κ2) is 7.78. The quantitative estimate of drug-likeness (QED) is 0.696. The van der Waals surface area contributed by atoms with E-state index in [1.807, 2.05) is 4.90 Å². The highest BCUT2D eigenvalue weighted by atomic mass is 16.2. The van der Waals surface area contributed by atoms with E-state index in [9.17, 15) is 9.59 Å². The molecule has 5 heteroatoms. The Morgan fingerprint density at radius 3 is 2.38 bits per heavy atom. The van der Waals surface area contributed by atoms with Crippen LogP contribution in [0, 0.1) is 5.92 Å². The number of rotatable bonds is 7. The zero-order chi connectivity index (χ0) is 15.2. The topological polar surface area (TPSA) is 61.4 Å². The number of hydrogen-bond acceptors (Lipinski definition) is 3. The molecule has 2 amide bonds. The third-order valence-electron chi connectivity index (χ3n) is 4.26. The minimum atomic E-state index is 0.222. The fraction of sp³-hybridized carbons (Fsp3) is 0.875. The number of nitrogens with zero attached hydrogens (tertiary/aromatic N) is 1. The summed E-state index contributed by atoms with van der Waals surface area (Å²) in [4.78, 5) is 25.8. The third-order valence-corrected chi connectivity index (χ3v) is 4.26. The second-order valence-electron chi connectivity index (χ2n) is 6.65. The average Bonchev–Trinajstić information content (AvgIpc) is 3.28. The van der Waals surface area contributed by atoms with E-state index in [4.69, 9.17) is 0 Å². The maximum Gasteiger partial charge on any atom is 0.223 e. The van der Waals surface area contributed by atoms with Crippen LogP contribution < -0.4 is 10.6 Å². The fourth-order valence-corrected chi connectivity index (χ4v) is 2.73. The molecule has 0 atom stereocenters. The molecule has 2 N–H and O–H groups in total. The van der Waals surface area contributed by atoms with Gasteiger partial charge in [0.25, 0.3) is 0 Å². The van der Waals surface area contributed by atoms with E-state index in [0.29, 0.717) is 12.5 Å². The molecule has 0 aromatic rings. The van der Waals surface area contributed by atoms with Crippen molar-refractivity contribution in [1.29, 1.82) is 0 Å². The minimum Gasteiger partial charge on any atom is -0.353 e. The van der Waals surface area contributed by atoms with Crippen LogP contribution in [0.2, 0.25) is 0 Å². The molecule has 5 nitrogen and oxygen atoms in total. The average molecular weight is 295 g/mol. The summed E-state index contributed by atoms with van der Waals surface area (Å²) in [5.41, 5.74) is 0.